The second-order valence-corrected chi connectivity index (χ2v) is 7.50. The van der Waals surface area contributed by atoms with E-state index < -0.39 is 0 Å². The molecule has 0 radical (unpaired) electrons. The van der Waals surface area contributed by atoms with Crippen molar-refractivity contribution in [2.45, 2.75) is 20.0 Å². The molecule has 0 atom stereocenters. The maximum atomic E-state index is 12.9. The quantitative estimate of drug-likeness (QED) is 0.542. The van der Waals surface area contributed by atoms with Crippen LogP contribution < -0.4 is 10.1 Å². The van der Waals surface area contributed by atoms with Crippen molar-refractivity contribution in [1.82, 2.24) is 20.1 Å². The number of amides is 1. The molecule has 4 rings (SSSR count). The van der Waals surface area contributed by atoms with Gasteiger partial charge in [0, 0.05) is 17.1 Å². The van der Waals surface area contributed by atoms with Gasteiger partial charge in [-0.2, -0.15) is 5.10 Å². The van der Waals surface area contributed by atoms with Crippen LogP contribution in [-0.2, 0) is 13.1 Å². The summed E-state index contributed by atoms with van der Waals surface area (Å²) in [6.07, 6.45) is 1.72. The zero-order valence-electron chi connectivity index (χ0n) is 15.7. The van der Waals surface area contributed by atoms with Crippen LogP contribution in [0.1, 0.15) is 26.5 Å². The number of aromatic nitrogens is 3. The van der Waals surface area contributed by atoms with E-state index in [0.717, 1.165) is 28.0 Å². The maximum Gasteiger partial charge on any atom is 0.252 e. The maximum absolute atomic E-state index is 12.9. The number of methoxy groups -OCH3 is 1. The minimum atomic E-state index is -0.144. The zero-order chi connectivity index (χ0) is 19.5. The molecule has 1 amide bonds. The lowest BCUT2D eigenvalue weighted by molar-refractivity contribution is 0.0952. The molecular weight excluding hydrogens is 372 g/mol. The third-order valence-electron chi connectivity index (χ3n) is 4.45. The van der Waals surface area contributed by atoms with Crippen molar-refractivity contribution in [2.75, 3.05) is 7.11 Å². The van der Waals surface area contributed by atoms with Crippen molar-refractivity contribution in [1.29, 1.82) is 0 Å². The van der Waals surface area contributed by atoms with Crippen LogP contribution in [0.2, 0.25) is 0 Å². The standard InChI is InChI=1S/C21H20N4O2S/c1-14-9-18(21(26)22-11-15-5-3-6-16(10-15)27-2)19-12-23-25(20(19)24-14)13-17-7-4-8-28-17/h3-10,12H,11,13H2,1-2H3,(H,22,26). The molecule has 0 aliphatic heterocycles. The molecule has 7 heteroatoms. The lowest BCUT2D eigenvalue weighted by atomic mass is 10.1. The Morgan fingerprint density at radius 3 is 2.93 bits per heavy atom. The number of nitrogens with one attached hydrogen (secondary N) is 1. The number of carbonyl (C=O) groups is 1. The van der Waals surface area contributed by atoms with Gasteiger partial charge in [0.2, 0.25) is 0 Å². The molecule has 1 N–H and O–H groups in total. The molecule has 0 aliphatic carbocycles. The summed E-state index contributed by atoms with van der Waals surface area (Å²) < 4.78 is 7.07. The summed E-state index contributed by atoms with van der Waals surface area (Å²) in [7, 11) is 1.63. The lowest BCUT2D eigenvalue weighted by Crippen LogP contribution is -2.23. The molecule has 142 valence electrons. The lowest BCUT2D eigenvalue weighted by Gasteiger charge is -2.09. The summed E-state index contributed by atoms with van der Waals surface area (Å²) in [6.45, 7) is 2.95. The van der Waals surface area contributed by atoms with E-state index >= 15 is 0 Å². The Kier molecular flexibility index (Phi) is 5.08. The van der Waals surface area contributed by atoms with Crippen molar-refractivity contribution >= 4 is 28.3 Å². The molecule has 1 aromatic carbocycles. The van der Waals surface area contributed by atoms with Gasteiger partial charge in [0.15, 0.2) is 5.65 Å². The van der Waals surface area contributed by atoms with Crippen LogP contribution in [-0.4, -0.2) is 27.8 Å². The molecule has 3 heterocycles. The van der Waals surface area contributed by atoms with Crippen LogP contribution >= 0.6 is 11.3 Å². The van der Waals surface area contributed by atoms with E-state index in [1.807, 2.05) is 47.3 Å². The monoisotopic (exact) mass is 392 g/mol. The summed E-state index contributed by atoms with van der Waals surface area (Å²) in [6, 6.07) is 13.5. The first kappa shape index (κ1) is 18.2. The van der Waals surface area contributed by atoms with Crippen LogP contribution in [0, 0.1) is 6.92 Å². The van der Waals surface area contributed by atoms with Crippen molar-refractivity contribution < 1.29 is 9.53 Å². The normalized spacial score (nSPS) is 10.9. The van der Waals surface area contributed by atoms with E-state index in [-0.39, 0.29) is 5.91 Å². The number of carbonyl (C=O) groups excluding carboxylic acids is 1. The number of benzene rings is 1. The van der Waals surface area contributed by atoms with Gasteiger partial charge in [-0.05, 0) is 42.1 Å². The van der Waals surface area contributed by atoms with Crippen LogP contribution in [0.15, 0.2) is 54.0 Å². The van der Waals surface area contributed by atoms with Gasteiger partial charge in [0.25, 0.3) is 5.91 Å². The largest absolute Gasteiger partial charge is 0.497 e. The second-order valence-electron chi connectivity index (χ2n) is 6.46. The van der Waals surface area contributed by atoms with Crippen molar-refractivity contribution in [2.24, 2.45) is 0 Å². The van der Waals surface area contributed by atoms with Crippen molar-refractivity contribution in [3.63, 3.8) is 0 Å². The highest BCUT2D eigenvalue weighted by Gasteiger charge is 2.16. The first-order chi connectivity index (χ1) is 13.6. The fraction of sp³-hybridized carbons (Fsp3) is 0.190. The number of rotatable bonds is 6. The molecule has 0 saturated carbocycles. The Labute approximate surface area is 166 Å². The van der Waals surface area contributed by atoms with Gasteiger partial charge >= 0.3 is 0 Å². The highest BCUT2D eigenvalue weighted by molar-refractivity contribution is 7.09. The SMILES string of the molecule is COc1cccc(CNC(=O)c2cc(C)nc3c2cnn3Cc2cccs2)c1. The molecule has 4 aromatic rings. The summed E-state index contributed by atoms with van der Waals surface area (Å²) >= 11 is 1.67. The van der Waals surface area contributed by atoms with Gasteiger partial charge in [-0.3, -0.25) is 4.79 Å². The fourth-order valence-electron chi connectivity index (χ4n) is 3.09. The van der Waals surface area contributed by atoms with Crippen molar-refractivity contribution in [3.05, 3.63) is 75.7 Å². The van der Waals surface area contributed by atoms with E-state index in [9.17, 15) is 4.79 Å². The number of pyridine rings is 1. The number of hydrogen-bond acceptors (Lipinski definition) is 5. The third kappa shape index (κ3) is 3.75. The first-order valence-electron chi connectivity index (χ1n) is 8.90. The number of thiophene rings is 1. The van der Waals surface area contributed by atoms with Crippen LogP contribution in [0.25, 0.3) is 11.0 Å². The molecule has 0 fully saturated rings. The Balaban J connectivity index is 1.58. The summed E-state index contributed by atoms with van der Waals surface area (Å²) in [4.78, 5) is 18.7. The average Bonchev–Trinajstić information content (AvgIpc) is 3.36. The Morgan fingerprint density at radius 1 is 1.25 bits per heavy atom. The van der Waals surface area contributed by atoms with Gasteiger partial charge in [-0.25, -0.2) is 9.67 Å². The number of nitrogens with zero attached hydrogens (tertiary/aromatic N) is 3. The van der Waals surface area contributed by atoms with Crippen LogP contribution in [0.4, 0.5) is 0 Å². The second kappa shape index (κ2) is 7.82. The zero-order valence-corrected chi connectivity index (χ0v) is 16.5. The predicted molar refractivity (Wildman–Crippen MR) is 110 cm³/mol. The van der Waals surface area contributed by atoms with E-state index in [1.165, 1.54) is 4.88 Å². The van der Waals surface area contributed by atoms with Gasteiger partial charge in [-0.1, -0.05) is 18.2 Å². The molecule has 0 unspecified atom stereocenters. The number of hydrogen-bond donors (Lipinski definition) is 1. The Bertz CT molecular complexity index is 1120. The number of ether oxygens (including phenoxy) is 1. The smallest absolute Gasteiger partial charge is 0.252 e. The topological polar surface area (TPSA) is 69.0 Å². The fourth-order valence-corrected chi connectivity index (χ4v) is 3.77. The molecular formula is C21H20N4O2S. The van der Waals surface area contributed by atoms with Crippen molar-refractivity contribution in [3.8, 4) is 5.75 Å². The number of aryl methyl sites for hydroxylation is 1. The molecule has 0 spiro atoms. The Morgan fingerprint density at radius 2 is 2.14 bits per heavy atom. The van der Waals surface area contributed by atoms with Crippen LogP contribution in [0.5, 0.6) is 5.75 Å². The first-order valence-corrected chi connectivity index (χ1v) is 9.78. The molecule has 3 aromatic heterocycles. The van der Waals surface area contributed by atoms with Gasteiger partial charge < -0.3 is 10.1 Å². The van der Waals surface area contributed by atoms with E-state index in [4.69, 9.17) is 4.74 Å². The van der Waals surface area contributed by atoms with Gasteiger partial charge in [0.1, 0.15) is 5.75 Å². The highest BCUT2D eigenvalue weighted by Crippen LogP contribution is 2.21. The third-order valence-corrected chi connectivity index (χ3v) is 5.32. The molecule has 0 saturated heterocycles. The molecule has 28 heavy (non-hydrogen) atoms. The summed E-state index contributed by atoms with van der Waals surface area (Å²) in [5, 5.41) is 10.2. The predicted octanol–water partition coefficient (Wildman–Crippen LogP) is 3.79. The van der Waals surface area contributed by atoms with Gasteiger partial charge in [-0.15, -0.1) is 11.3 Å². The summed E-state index contributed by atoms with van der Waals surface area (Å²) in [5.74, 6) is 0.623. The Hall–Kier alpha value is -3.19. The summed E-state index contributed by atoms with van der Waals surface area (Å²) in [5.41, 5.74) is 3.07. The van der Waals surface area contributed by atoms with E-state index in [0.29, 0.717) is 18.7 Å². The van der Waals surface area contributed by atoms with E-state index in [1.54, 1.807) is 30.7 Å². The average molecular weight is 392 g/mol. The molecule has 0 aliphatic rings. The van der Waals surface area contributed by atoms with E-state index in [2.05, 4.69) is 21.5 Å². The highest BCUT2D eigenvalue weighted by atomic mass is 32.1. The molecule has 6 nitrogen and oxygen atoms in total. The number of fused-ring (bicyclic) bond motifs is 1. The van der Waals surface area contributed by atoms with Gasteiger partial charge in [0.05, 0.1) is 30.8 Å². The minimum Gasteiger partial charge on any atom is -0.497 e. The minimum absolute atomic E-state index is 0.144. The van der Waals surface area contributed by atoms with Crippen LogP contribution in [0.3, 0.4) is 0 Å². The molecule has 0 bridgehead atoms.